The lowest BCUT2D eigenvalue weighted by molar-refractivity contribution is -0.137. The second-order valence-electron chi connectivity index (χ2n) is 8.38. The van der Waals surface area contributed by atoms with Crippen molar-refractivity contribution in [3.63, 3.8) is 0 Å². The SMILES string of the molecule is COC(=O)C1=C(O[Si](C(C)C)(C(C)C)C(C)C)C[C@H]1C(=O)c1ccc(Cl)cc1. The highest BCUT2D eigenvalue weighted by atomic mass is 35.5. The number of carbonyl (C=O) groups is 2. The smallest absolute Gasteiger partial charge is 0.337 e. The lowest BCUT2D eigenvalue weighted by atomic mass is 9.77. The van der Waals surface area contributed by atoms with Crippen molar-refractivity contribution in [3.05, 3.63) is 46.2 Å². The number of carbonyl (C=O) groups excluding carboxylic acids is 2. The van der Waals surface area contributed by atoms with Crippen LogP contribution < -0.4 is 0 Å². The third-order valence-corrected chi connectivity index (χ3v) is 12.2. The number of rotatable bonds is 8. The van der Waals surface area contributed by atoms with E-state index in [4.69, 9.17) is 20.8 Å². The van der Waals surface area contributed by atoms with Crippen LogP contribution in [0.5, 0.6) is 0 Å². The summed E-state index contributed by atoms with van der Waals surface area (Å²) in [5.41, 5.74) is 2.05. The molecular formula is C22H31ClO4Si. The number of hydrogen-bond acceptors (Lipinski definition) is 4. The standard InChI is InChI=1S/C22H31ClO4Si/c1-13(2)28(14(3)4,15(5)6)27-19-12-18(20(19)22(25)26-7)21(24)16-8-10-17(23)11-9-16/h8-11,13-15,18H,12H2,1-7H3/t18-/m1/s1. The van der Waals surface area contributed by atoms with Crippen LogP contribution in [0.3, 0.4) is 0 Å². The first kappa shape index (κ1) is 22.7. The average molecular weight is 423 g/mol. The first-order chi connectivity index (χ1) is 13.1. The molecule has 0 aromatic heterocycles. The van der Waals surface area contributed by atoms with Crippen LogP contribution in [0, 0.1) is 5.92 Å². The molecule has 1 atom stereocenters. The summed E-state index contributed by atoms with van der Waals surface area (Å²) in [6.07, 6.45) is 0.437. The summed E-state index contributed by atoms with van der Waals surface area (Å²) in [6, 6.07) is 6.74. The molecule has 0 radical (unpaired) electrons. The Hall–Kier alpha value is -1.59. The predicted molar refractivity (Wildman–Crippen MR) is 115 cm³/mol. The van der Waals surface area contributed by atoms with E-state index < -0.39 is 20.2 Å². The number of ketones is 1. The van der Waals surface area contributed by atoms with E-state index in [1.807, 2.05) is 0 Å². The van der Waals surface area contributed by atoms with Gasteiger partial charge in [-0.2, -0.15) is 0 Å². The van der Waals surface area contributed by atoms with Crippen LogP contribution in [0.15, 0.2) is 35.6 Å². The number of esters is 1. The van der Waals surface area contributed by atoms with Gasteiger partial charge in [0.25, 0.3) is 8.32 Å². The highest BCUT2D eigenvalue weighted by Gasteiger charge is 2.51. The number of allylic oxidation sites excluding steroid dienone is 1. The van der Waals surface area contributed by atoms with Gasteiger partial charge < -0.3 is 9.16 Å². The van der Waals surface area contributed by atoms with E-state index in [9.17, 15) is 9.59 Å². The van der Waals surface area contributed by atoms with Crippen LogP contribution in [-0.2, 0) is 14.0 Å². The molecule has 1 aliphatic rings. The van der Waals surface area contributed by atoms with Gasteiger partial charge in [-0.3, -0.25) is 4.79 Å². The zero-order valence-corrected chi connectivity index (χ0v) is 19.6. The van der Waals surface area contributed by atoms with E-state index in [0.717, 1.165) is 0 Å². The summed E-state index contributed by atoms with van der Waals surface area (Å²) in [7, 11) is -0.866. The fraction of sp³-hybridized carbons (Fsp3) is 0.545. The Labute approximate surface area is 174 Å². The van der Waals surface area contributed by atoms with Gasteiger partial charge in [0.2, 0.25) is 0 Å². The Morgan fingerprint density at radius 1 is 1.00 bits per heavy atom. The third-order valence-electron chi connectivity index (χ3n) is 5.90. The molecule has 1 aliphatic carbocycles. The fourth-order valence-corrected chi connectivity index (χ4v) is 9.98. The lowest BCUT2D eigenvalue weighted by Crippen LogP contribution is -2.49. The van der Waals surface area contributed by atoms with Crippen LogP contribution >= 0.6 is 11.6 Å². The molecule has 2 rings (SSSR count). The Bertz CT molecular complexity index is 743. The van der Waals surface area contributed by atoms with Gasteiger partial charge in [-0.15, -0.1) is 0 Å². The molecule has 6 heteroatoms. The van der Waals surface area contributed by atoms with E-state index in [1.54, 1.807) is 24.3 Å². The van der Waals surface area contributed by atoms with Gasteiger partial charge >= 0.3 is 5.97 Å². The van der Waals surface area contributed by atoms with E-state index in [1.165, 1.54) is 7.11 Å². The van der Waals surface area contributed by atoms with Crippen LogP contribution in [-0.4, -0.2) is 27.2 Å². The van der Waals surface area contributed by atoms with Crippen molar-refractivity contribution >= 4 is 31.7 Å². The minimum Gasteiger partial charge on any atom is -0.545 e. The maximum atomic E-state index is 13.0. The maximum absolute atomic E-state index is 13.0. The Kier molecular flexibility index (Phi) is 7.15. The summed E-state index contributed by atoms with van der Waals surface area (Å²) in [6.45, 7) is 13.2. The highest BCUT2D eigenvalue weighted by molar-refractivity contribution is 6.78. The summed E-state index contributed by atoms with van der Waals surface area (Å²) >= 11 is 5.92. The number of Topliss-reactive ketones (excluding diaryl/α,β-unsaturated/α-hetero) is 1. The van der Waals surface area contributed by atoms with Gasteiger partial charge in [0, 0.05) is 17.0 Å². The van der Waals surface area contributed by atoms with E-state index >= 15 is 0 Å². The van der Waals surface area contributed by atoms with Crippen molar-refractivity contribution in [2.24, 2.45) is 5.92 Å². The summed E-state index contributed by atoms with van der Waals surface area (Å²) in [5.74, 6) is -0.466. The molecule has 0 bridgehead atoms. The monoisotopic (exact) mass is 422 g/mol. The zero-order valence-electron chi connectivity index (χ0n) is 17.8. The van der Waals surface area contributed by atoms with Gasteiger partial charge in [0.05, 0.1) is 24.4 Å². The van der Waals surface area contributed by atoms with Crippen molar-refractivity contribution in [2.75, 3.05) is 7.11 Å². The molecule has 0 spiro atoms. The van der Waals surface area contributed by atoms with Crippen molar-refractivity contribution < 1.29 is 18.8 Å². The largest absolute Gasteiger partial charge is 0.545 e. The minimum atomic E-state index is -2.21. The molecular weight excluding hydrogens is 392 g/mol. The Morgan fingerprint density at radius 3 is 1.93 bits per heavy atom. The quantitative estimate of drug-likeness (QED) is 0.286. The highest BCUT2D eigenvalue weighted by Crippen LogP contribution is 2.48. The number of benzene rings is 1. The minimum absolute atomic E-state index is 0.102. The third kappa shape index (κ3) is 4.06. The second kappa shape index (κ2) is 8.83. The molecule has 4 nitrogen and oxygen atoms in total. The van der Waals surface area contributed by atoms with Gasteiger partial charge in [0.15, 0.2) is 5.78 Å². The van der Waals surface area contributed by atoms with Crippen molar-refractivity contribution in [3.8, 4) is 0 Å². The van der Waals surface area contributed by atoms with Gasteiger partial charge in [-0.05, 0) is 40.9 Å². The topological polar surface area (TPSA) is 52.6 Å². The lowest BCUT2D eigenvalue weighted by Gasteiger charge is -2.46. The normalized spacial score (nSPS) is 17.2. The van der Waals surface area contributed by atoms with Gasteiger partial charge in [0.1, 0.15) is 0 Å². The maximum Gasteiger partial charge on any atom is 0.337 e. The molecule has 0 saturated carbocycles. The molecule has 0 aliphatic heterocycles. The molecule has 0 fully saturated rings. The van der Waals surface area contributed by atoms with E-state index in [0.29, 0.717) is 45.0 Å². The zero-order chi connectivity index (χ0) is 21.2. The van der Waals surface area contributed by atoms with Crippen LogP contribution in [0.2, 0.25) is 21.6 Å². The van der Waals surface area contributed by atoms with Gasteiger partial charge in [-0.1, -0.05) is 53.1 Å². The van der Waals surface area contributed by atoms with Crippen LogP contribution in [0.4, 0.5) is 0 Å². The molecule has 0 heterocycles. The molecule has 0 unspecified atom stereocenters. The van der Waals surface area contributed by atoms with Crippen LogP contribution in [0.25, 0.3) is 0 Å². The van der Waals surface area contributed by atoms with Crippen LogP contribution in [0.1, 0.15) is 58.3 Å². The van der Waals surface area contributed by atoms with E-state index in [-0.39, 0.29) is 5.78 Å². The molecule has 0 saturated heterocycles. The first-order valence-electron chi connectivity index (χ1n) is 9.86. The fourth-order valence-electron chi connectivity index (χ4n) is 4.53. The molecule has 1 aromatic carbocycles. The Balaban J connectivity index is 2.41. The second-order valence-corrected chi connectivity index (χ2v) is 14.2. The van der Waals surface area contributed by atoms with Gasteiger partial charge in [-0.25, -0.2) is 4.79 Å². The van der Waals surface area contributed by atoms with Crippen molar-refractivity contribution in [2.45, 2.75) is 64.6 Å². The molecule has 0 N–H and O–H groups in total. The first-order valence-corrected chi connectivity index (χ1v) is 12.4. The number of methoxy groups -OCH3 is 1. The number of halogens is 1. The van der Waals surface area contributed by atoms with E-state index in [2.05, 4.69) is 41.5 Å². The average Bonchev–Trinajstić information content (AvgIpc) is 2.60. The predicted octanol–water partition coefficient (Wildman–Crippen LogP) is 6.16. The molecule has 1 aromatic rings. The molecule has 28 heavy (non-hydrogen) atoms. The number of hydrogen-bond donors (Lipinski definition) is 0. The number of ether oxygens (including phenoxy) is 1. The summed E-state index contributed by atoms with van der Waals surface area (Å²) in [4.78, 5) is 25.4. The molecule has 154 valence electrons. The Morgan fingerprint density at radius 2 is 1.50 bits per heavy atom. The molecule has 0 amide bonds. The summed E-state index contributed by atoms with van der Waals surface area (Å²) in [5, 5.41) is 0.569. The van der Waals surface area contributed by atoms with Crippen molar-refractivity contribution in [1.82, 2.24) is 0 Å². The summed E-state index contributed by atoms with van der Waals surface area (Å²) < 4.78 is 11.7. The van der Waals surface area contributed by atoms with Crippen molar-refractivity contribution in [1.29, 1.82) is 0 Å².